The number of nitrogens with zero attached hydrogens (tertiary/aromatic N) is 1. The molecule has 0 amide bonds. The second-order valence-electron chi connectivity index (χ2n) is 6.87. The van der Waals surface area contributed by atoms with E-state index in [-0.39, 0.29) is 19.4 Å². The summed E-state index contributed by atoms with van der Waals surface area (Å²) >= 11 is 0. The number of rotatable bonds is 17. The van der Waals surface area contributed by atoms with Crippen LogP contribution >= 0.6 is 0 Å². The largest absolute Gasteiger partial charge is 0.395 e. The van der Waals surface area contributed by atoms with E-state index in [1.54, 1.807) is 0 Å². The standard InChI is InChI=1S/C19H41NO3/c1-4-19(20(13-15-21)14-16-22)23-17-11-9-7-5-6-8-10-12-18(2)3/h18-19,21-22H,4-17H2,1-3H3. The molecule has 0 heterocycles. The predicted octanol–water partition coefficient (Wildman–Crippen LogP) is 3.80. The van der Waals surface area contributed by atoms with E-state index in [9.17, 15) is 0 Å². The minimum Gasteiger partial charge on any atom is -0.395 e. The SMILES string of the molecule is CCC(OCCCCCCCCCC(C)C)N(CCO)CCO. The van der Waals surface area contributed by atoms with E-state index in [1.807, 2.05) is 4.90 Å². The average Bonchev–Trinajstić information content (AvgIpc) is 2.52. The molecule has 23 heavy (non-hydrogen) atoms. The Hall–Kier alpha value is -0.160. The number of hydrogen-bond donors (Lipinski definition) is 2. The Morgan fingerprint density at radius 3 is 1.83 bits per heavy atom. The Morgan fingerprint density at radius 1 is 0.826 bits per heavy atom. The summed E-state index contributed by atoms with van der Waals surface area (Å²) in [4.78, 5) is 2.02. The molecule has 0 radical (unpaired) electrons. The Labute approximate surface area is 144 Å². The lowest BCUT2D eigenvalue weighted by Crippen LogP contribution is -2.40. The molecule has 1 unspecified atom stereocenters. The maximum atomic E-state index is 9.09. The van der Waals surface area contributed by atoms with Crippen molar-refractivity contribution < 1.29 is 14.9 Å². The van der Waals surface area contributed by atoms with E-state index in [0.29, 0.717) is 13.1 Å². The van der Waals surface area contributed by atoms with Gasteiger partial charge in [-0.15, -0.1) is 0 Å². The number of ether oxygens (including phenoxy) is 1. The summed E-state index contributed by atoms with van der Waals surface area (Å²) in [5.41, 5.74) is 0. The molecular weight excluding hydrogens is 290 g/mol. The molecule has 4 heteroatoms. The first-order chi connectivity index (χ1) is 11.2. The highest BCUT2D eigenvalue weighted by Crippen LogP contribution is 2.12. The highest BCUT2D eigenvalue weighted by atomic mass is 16.5. The van der Waals surface area contributed by atoms with Crippen LogP contribution in [0, 0.1) is 5.92 Å². The average molecular weight is 332 g/mol. The van der Waals surface area contributed by atoms with Crippen LogP contribution in [0.25, 0.3) is 0 Å². The number of aliphatic hydroxyl groups excluding tert-OH is 2. The number of aliphatic hydroxyl groups is 2. The summed E-state index contributed by atoms with van der Waals surface area (Å²) in [5.74, 6) is 0.842. The van der Waals surface area contributed by atoms with Crippen molar-refractivity contribution >= 4 is 0 Å². The Bertz CT molecular complexity index is 231. The smallest absolute Gasteiger partial charge is 0.110 e. The lowest BCUT2D eigenvalue weighted by molar-refractivity contribution is -0.0718. The summed E-state index contributed by atoms with van der Waals surface area (Å²) in [6, 6.07) is 0. The lowest BCUT2D eigenvalue weighted by atomic mass is 10.0. The van der Waals surface area contributed by atoms with Gasteiger partial charge in [0.15, 0.2) is 0 Å². The van der Waals surface area contributed by atoms with Crippen molar-refractivity contribution in [3.8, 4) is 0 Å². The first kappa shape index (κ1) is 22.8. The van der Waals surface area contributed by atoms with Crippen molar-refractivity contribution in [2.45, 2.75) is 84.8 Å². The van der Waals surface area contributed by atoms with E-state index in [0.717, 1.165) is 25.4 Å². The third-order valence-electron chi connectivity index (χ3n) is 4.27. The highest BCUT2D eigenvalue weighted by molar-refractivity contribution is 4.62. The van der Waals surface area contributed by atoms with E-state index in [4.69, 9.17) is 14.9 Å². The van der Waals surface area contributed by atoms with Crippen LogP contribution in [0.4, 0.5) is 0 Å². The number of unbranched alkanes of at least 4 members (excludes halogenated alkanes) is 6. The second-order valence-corrected chi connectivity index (χ2v) is 6.87. The summed E-state index contributed by atoms with van der Waals surface area (Å²) in [7, 11) is 0. The van der Waals surface area contributed by atoms with Crippen molar-refractivity contribution in [2.24, 2.45) is 5.92 Å². The van der Waals surface area contributed by atoms with Crippen molar-refractivity contribution in [3.63, 3.8) is 0 Å². The van der Waals surface area contributed by atoms with Crippen molar-refractivity contribution in [1.82, 2.24) is 4.90 Å². The summed E-state index contributed by atoms with van der Waals surface area (Å²) in [6.07, 6.45) is 11.4. The monoisotopic (exact) mass is 331 g/mol. The van der Waals surface area contributed by atoms with Crippen molar-refractivity contribution in [1.29, 1.82) is 0 Å². The molecule has 0 bridgehead atoms. The topological polar surface area (TPSA) is 52.9 Å². The zero-order valence-electron chi connectivity index (χ0n) is 15.8. The first-order valence-corrected chi connectivity index (χ1v) is 9.73. The van der Waals surface area contributed by atoms with Crippen LogP contribution in [0.3, 0.4) is 0 Å². The van der Waals surface area contributed by atoms with Crippen LogP contribution in [0.1, 0.15) is 78.6 Å². The first-order valence-electron chi connectivity index (χ1n) is 9.73. The molecule has 0 aromatic heterocycles. The Kier molecular flexibility index (Phi) is 16.6. The summed E-state index contributed by atoms with van der Waals surface area (Å²) in [6.45, 7) is 8.80. The molecule has 140 valence electrons. The maximum absolute atomic E-state index is 9.09. The molecule has 4 nitrogen and oxygen atoms in total. The van der Waals surface area contributed by atoms with Crippen LogP contribution in [0.5, 0.6) is 0 Å². The quantitative estimate of drug-likeness (QED) is 0.314. The molecule has 2 N–H and O–H groups in total. The van der Waals surface area contributed by atoms with E-state index in [2.05, 4.69) is 20.8 Å². The molecule has 0 aliphatic heterocycles. The van der Waals surface area contributed by atoms with Gasteiger partial charge in [-0.05, 0) is 18.8 Å². The van der Waals surface area contributed by atoms with Crippen LogP contribution in [0.15, 0.2) is 0 Å². The third-order valence-corrected chi connectivity index (χ3v) is 4.27. The molecule has 0 aromatic rings. The molecule has 0 saturated carbocycles. The normalized spacial score (nSPS) is 13.2. The van der Waals surface area contributed by atoms with Crippen LogP contribution in [-0.4, -0.2) is 54.3 Å². The predicted molar refractivity (Wildman–Crippen MR) is 97.5 cm³/mol. The van der Waals surface area contributed by atoms with Gasteiger partial charge in [-0.1, -0.05) is 65.7 Å². The maximum Gasteiger partial charge on any atom is 0.110 e. The van der Waals surface area contributed by atoms with Gasteiger partial charge >= 0.3 is 0 Å². The fourth-order valence-electron chi connectivity index (χ4n) is 2.90. The van der Waals surface area contributed by atoms with Gasteiger partial charge in [0.2, 0.25) is 0 Å². The van der Waals surface area contributed by atoms with Gasteiger partial charge in [0, 0.05) is 19.7 Å². The molecule has 0 saturated heterocycles. The molecule has 1 atom stereocenters. The van der Waals surface area contributed by atoms with E-state index in [1.165, 1.54) is 44.9 Å². The third kappa shape index (κ3) is 13.9. The zero-order valence-corrected chi connectivity index (χ0v) is 15.8. The fraction of sp³-hybridized carbons (Fsp3) is 1.00. The Morgan fingerprint density at radius 2 is 1.35 bits per heavy atom. The van der Waals surface area contributed by atoms with Gasteiger partial charge in [-0.2, -0.15) is 0 Å². The highest BCUT2D eigenvalue weighted by Gasteiger charge is 2.15. The van der Waals surface area contributed by atoms with Gasteiger partial charge in [-0.3, -0.25) is 4.90 Å². The summed E-state index contributed by atoms with van der Waals surface area (Å²) < 4.78 is 5.93. The molecule has 0 rings (SSSR count). The minimum atomic E-state index is 0.0188. The number of hydrogen-bond acceptors (Lipinski definition) is 4. The van der Waals surface area contributed by atoms with Gasteiger partial charge < -0.3 is 14.9 Å². The van der Waals surface area contributed by atoms with E-state index < -0.39 is 0 Å². The van der Waals surface area contributed by atoms with Gasteiger partial charge in [0.25, 0.3) is 0 Å². The van der Waals surface area contributed by atoms with Gasteiger partial charge in [0.1, 0.15) is 6.23 Å². The van der Waals surface area contributed by atoms with E-state index >= 15 is 0 Å². The fourth-order valence-corrected chi connectivity index (χ4v) is 2.90. The van der Waals surface area contributed by atoms with Crippen molar-refractivity contribution in [3.05, 3.63) is 0 Å². The van der Waals surface area contributed by atoms with Crippen LogP contribution in [-0.2, 0) is 4.74 Å². The molecule has 0 aliphatic carbocycles. The zero-order chi connectivity index (χ0) is 17.3. The molecule has 0 aromatic carbocycles. The van der Waals surface area contributed by atoms with Crippen molar-refractivity contribution in [2.75, 3.05) is 32.9 Å². The van der Waals surface area contributed by atoms with Crippen LogP contribution in [0.2, 0.25) is 0 Å². The van der Waals surface area contributed by atoms with Gasteiger partial charge in [-0.25, -0.2) is 0 Å². The summed E-state index contributed by atoms with van der Waals surface area (Å²) in [5, 5.41) is 18.2. The molecular formula is C19H41NO3. The molecule has 0 fully saturated rings. The molecule has 0 aliphatic rings. The van der Waals surface area contributed by atoms with Gasteiger partial charge in [0.05, 0.1) is 13.2 Å². The van der Waals surface area contributed by atoms with Crippen LogP contribution < -0.4 is 0 Å². The minimum absolute atomic E-state index is 0.0188. The Balaban J connectivity index is 3.56. The second kappa shape index (κ2) is 16.7. The lowest BCUT2D eigenvalue weighted by Gasteiger charge is -2.29. The molecule has 0 spiro atoms.